The Kier molecular flexibility index (Phi) is 5.21. The van der Waals surface area contributed by atoms with Crippen molar-refractivity contribution in [1.82, 2.24) is 5.32 Å². The second-order valence-corrected chi connectivity index (χ2v) is 5.60. The molecule has 2 atom stereocenters. The Bertz CT molecular complexity index is 637. The van der Waals surface area contributed by atoms with Crippen molar-refractivity contribution in [2.45, 2.75) is 39.8 Å². The van der Waals surface area contributed by atoms with Crippen LogP contribution in [0.1, 0.15) is 36.6 Å². The third-order valence-corrected chi connectivity index (χ3v) is 3.89. The number of aryl methyl sites for hydroxylation is 1. The summed E-state index contributed by atoms with van der Waals surface area (Å²) >= 11 is 0. The lowest BCUT2D eigenvalue weighted by molar-refractivity contribution is -0.127. The van der Waals surface area contributed by atoms with E-state index in [1.807, 2.05) is 69.3 Å². The van der Waals surface area contributed by atoms with E-state index in [4.69, 9.17) is 4.74 Å². The molecule has 0 aliphatic rings. The van der Waals surface area contributed by atoms with Crippen LogP contribution in [0.25, 0.3) is 0 Å². The molecule has 3 heteroatoms. The van der Waals surface area contributed by atoms with Crippen LogP contribution in [0.3, 0.4) is 0 Å². The van der Waals surface area contributed by atoms with Crippen LogP contribution in [-0.2, 0) is 4.79 Å². The number of nitrogens with one attached hydrogen (secondary N) is 1. The van der Waals surface area contributed by atoms with Gasteiger partial charge in [-0.25, -0.2) is 0 Å². The third-order valence-electron chi connectivity index (χ3n) is 3.89. The topological polar surface area (TPSA) is 38.3 Å². The smallest absolute Gasteiger partial charge is 0.261 e. The van der Waals surface area contributed by atoms with Gasteiger partial charge in [0.05, 0.1) is 6.04 Å². The Morgan fingerprint density at radius 1 is 1.00 bits per heavy atom. The molecule has 0 saturated carbocycles. The highest BCUT2D eigenvalue weighted by atomic mass is 16.5. The molecule has 0 aromatic heterocycles. The van der Waals surface area contributed by atoms with E-state index in [9.17, 15) is 4.79 Å². The standard InChI is InChI=1S/C19H23NO2/c1-13-9-8-12-18(14(13)2)22-16(4)19(21)20-15(3)17-10-6-5-7-11-17/h5-12,15-16H,1-4H3,(H,20,21)/t15-,16-/m1/s1. The minimum Gasteiger partial charge on any atom is -0.481 e. The van der Waals surface area contributed by atoms with E-state index < -0.39 is 6.10 Å². The van der Waals surface area contributed by atoms with Gasteiger partial charge < -0.3 is 10.1 Å². The van der Waals surface area contributed by atoms with E-state index in [1.165, 1.54) is 0 Å². The molecule has 0 aliphatic carbocycles. The van der Waals surface area contributed by atoms with Gasteiger partial charge in [0.1, 0.15) is 5.75 Å². The summed E-state index contributed by atoms with van der Waals surface area (Å²) in [5, 5.41) is 2.99. The molecule has 0 saturated heterocycles. The lowest BCUT2D eigenvalue weighted by Gasteiger charge is -2.20. The van der Waals surface area contributed by atoms with Gasteiger partial charge >= 0.3 is 0 Å². The Hall–Kier alpha value is -2.29. The Morgan fingerprint density at radius 3 is 2.36 bits per heavy atom. The van der Waals surface area contributed by atoms with Crippen LogP contribution < -0.4 is 10.1 Å². The largest absolute Gasteiger partial charge is 0.481 e. The van der Waals surface area contributed by atoms with Gasteiger partial charge in [-0.1, -0.05) is 42.5 Å². The van der Waals surface area contributed by atoms with Gasteiger partial charge in [0, 0.05) is 0 Å². The fourth-order valence-electron chi connectivity index (χ4n) is 2.25. The highest BCUT2D eigenvalue weighted by Crippen LogP contribution is 2.22. The van der Waals surface area contributed by atoms with Gasteiger partial charge in [-0.2, -0.15) is 0 Å². The van der Waals surface area contributed by atoms with Gasteiger partial charge in [-0.15, -0.1) is 0 Å². The second kappa shape index (κ2) is 7.12. The maximum atomic E-state index is 12.3. The molecule has 2 aromatic carbocycles. The number of amides is 1. The average Bonchev–Trinajstić information content (AvgIpc) is 2.52. The molecule has 22 heavy (non-hydrogen) atoms. The first-order valence-corrected chi connectivity index (χ1v) is 7.57. The summed E-state index contributed by atoms with van der Waals surface area (Å²) in [6.07, 6.45) is -0.535. The van der Waals surface area contributed by atoms with E-state index in [2.05, 4.69) is 5.32 Å². The van der Waals surface area contributed by atoms with E-state index in [1.54, 1.807) is 6.92 Å². The monoisotopic (exact) mass is 297 g/mol. The van der Waals surface area contributed by atoms with Crippen molar-refractivity contribution in [1.29, 1.82) is 0 Å². The Labute approximate surface area is 132 Å². The van der Waals surface area contributed by atoms with Crippen LogP contribution in [0.2, 0.25) is 0 Å². The lowest BCUT2D eigenvalue weighted by atomic mass is 10.1. The van der Waals surface area contributed by atoms with Crippen molar-refractivity contribution in [2.24, 2.45) is 0 Å². The molecular weight excluding hydrogens is 274 g/mol. The quantitative estimate of drug-likeness (QED) is 0.907. The van der Waals surface area contributed by atoms with Gasteiger partial charge in [0.2, 0.25) is 0 Å². The van der Waals surface area contributed by atoms with Crippen LogP contribution in [0, 0.1) is 13.8 Å². The van der Waals surface area contributed by atoms with Crippen molar-refractivity contribution in [2.75, 3.05) is 0 Å². The molecule has 2 rings (SSSR count). The van der Waals surface area contributed by atoms with Crippen LogP contribution in [0.5, 0.6) is 5.75 Å². The van der Waals surface area contributed by atoms with E-state index >= 15 is 0 Å². The first-order valence-electron chi connectivity index (χ1n) is 7.57. The van der Waals surface area contributed by atoms with Crippen molar-refractivity contribution in [3.63, 3.8) is 0 Å². The molecule has 0 aliphatic heterocycles. The minimum atomic E-state index is -0.535. The van der Waals surface area contributed by atoms with Crippen molar-refractivity contribution in [3.8, 4) is 5.75 Å². The van der Waals surface area contributed by atoms with Gasteiger partial charge in [0.15, 0.2) is 6.10 Å². The molecule has 0 spiro atoms. The average molecular weight is 297 g/mol. The summed E-state index contributed by atoms with van der Waals surface area (Å²) in [7, 11) is 0. The maximum absolute atomic E-state index is 12.3. The van der Waals surface area contributed by atoms with Crippen molar-refractivity contribution >= 4 is 5.91 Å². The summed E-state index contributed by atoms with van der Waals surface area (Å²) in [6.45, 7) is 7.78. The molecule has 1 N–H and O–H groups in total. The second-order valence-electron chi connectivity index (χ2n) is 5.60. The zero-order chi connectivity index (χ0) is 16.1. The Morgan fingerprint density at radius 2 is 1.68 bits per heavy atom. The predicted octanol–water partition coefficient (Wildman–Crippen LogP) is 3.95. The van der Waals surface area contributed by atoms with Gasteiger partial charge in [0.25, 0.3) is 5.91 Å². The number of ether oxygens (including phenoxy) is 1. The highest BCUT2D eigenvalue weighted by molar-refractivity contribution is 5.81. The highest BCUT2D eigenvalue weighted by Gasteiger charge is 2.18. The van der Waals surface area contributed by atoms with Crippen LogP contribution in [0.4, 0.5) is 0 Å². The Balaban J connectivity index is 1.99. The van der Waals surface area contributed by atoms with Crippen LogP contribution >= 0.6 is 0 Å². The van der Waals surface area contributed by atoms with Crippen molar-refractivity contribution in [3.05, 3.63) is 65.2 Å². The van der Waals surface area contributed by atoms with Gasteiger partial charge in [-0.3, -0.25) is 4.79 Å². The molecule has 1 amide bonds. The maximum Gasteiger partial charge on any atom is 0.261 e. The summed E-state index contributed by atoms with van der Waals surface area (Å²) in [4.78, 5) is 12.3. The molecule has 2 aromatic rings. The molecule has 116 valence electrons. The predicted molar refractivity (Wildman–Crippen MR) is 89.0 cm³/mol. The molecule has 0 bridgehead atoms. The first-order chi connectivity index (χ1) is 10.5. The van der Waals surface area contributed by atoms with Crippen LogP contribution in [-0.4, -0.2) is 12.0 Å². The molecular formula is C19H23NO2. The number of carbonyl (C=O) groups excluding carboxylic acids is 1. The van der Waals surface area contributed by atoms with Crippen LogP contribution in [0.15, 0.2) is 48.5 Å². The number of rotatable bonds is 5. The zero-order valence-corrected chi connectivity index (χ0v) is 13.6. The molecule has 0 heterocycles. The fourth-order valence-corrected chi connectivity index (χ4v) is 2.25. The molecule has 0 unspecified atom stereocenters. The fraction of sp³-hybridized carbons (Fsp3) is 0.316. The molecule has 0 fully saturated rings. The third kappa shape index (κ3) is 3.88. The SMILES string of the molecule is Cc1cccc(O[C@H](C)C(=O)N[C@H](C)c2ccccc2)c1C. The van der Waals surface area contributed by atoms with Crippen molar-refractivity contribution < 1.29 is 9.53 Å². The summed E-state index contributed by atoms with van der Waals surface area (Å²) in [5.41, 5.74) is 3.30. The summed E-state index contributed by atoms with van der Waals surface area (Å²) in [6, 6.07) is 15.7. The minimum absolute atomic E-state index is 0.0432. The van der Waals surface area contributed by atoms with E-state index in [-0.39, 0.29) is 11.9 Å². The number of carbonyl (C=O) groups is 1. The number of benzene rings is 2. The number of hydrogen-bond acceptors (Lipinski definition) is 2. The number of hydrogen-bond donors (Lipinski definition) is 1. The summed E-state index contributed by atoms with van der Waals surface area (Å²) in [5.74, 6) is 0.646. The zero-order valence-electron chi connectivity index (χ0n) is 13.6. The molecule has 0 radical (unpaired) electrons. The van der Waals surface area contributed by atoms with Gasteiger partial charge in [-0.05, 0) is 50.5 Å². The van der Waals surface area contributed by atoms with E-state index in [0.29, 0.717) is 0 Å². The molecule has 3 nitrogen and oxygen atoms in total. The first kappa shape index (κ1) is 16.1. The normalized spacial score (nSPS) is 13.3. The summed E-state index contributed by atoms with van der Waals surface area (Å²) < 4.78 is 5.81. The van der Waals surface area contributed by atoms with E-state index in [0.717, 1.165) is 22.4 Å². The lowest BCUT2D eigenvalue weighted by Crippen LogP contribution is -2.37.